The van der Waals surface area contributed by atoms with Crippen LogP contribution in [0, 0.1) is 5.41 Å². The molecule has 0 amide bonds. The first-order valence-electron chi connectivity index (χ1n) is 8.03. The number of rotatable bonds is 5. The van der Waals surface area contributed by atoms with E-state index in [-0.39, 0.29) is 5.41 Å². The average molecular weight is 295 g/mol. The molecule has 1 aromatic rings. The van der Waals surface area contributed by atoms with Crippen molar-refractivity contribution in [3.8, 4) is 0 Å². The average Bonchev–Trinajstić information content (AvgIpc) is 2.97. The minimum absolute atomic E-state index is 0.166. The van der Waals surface area contributed by atoms with E-state index in [0.29, 0.717) is 11.5 Å². The van der Waals surface area contributed by atoms with Crippen molar-refractivity contribution in [3.63, 3.8) is 0 Å². The van der Waals surface area contributed by atoms with E-state index in [4.69, 9.17) is 4.98 Å². The third-order valence-corrected chi connectivity index (χ3v) is 5.61. The highest BCUT2D eigenvalue weighted by molar-refractivity contribution is 7.09. The highest BCUT2D eigenvalue weighted by Crippen LogP contribution is 2.41. The molecular weight excluding hydrogens is 264 g/mol. The summed E-state index contributed by atoms with van der Waals surface area (Å²) in [4.78, 5) is 4.88. The Kier molecular flexibility index (Phi) is 4.91. The molecule has 3 heteroatoms. The van der Waals surface area contributed by atoms with Gasteiger partial charge in [-0.25, -0.2) is 4.98 Å². The molecule has 1 saturated carbocycles. The second kappa shape index (κ2) is 6.15. The van der Waals surface area contributed by atoms with E-state index in [1.807, 2.05) is 11.3 Å². The molecule has 20 heavy (non-hydrogen) atoms. The molecule has 2 nitrogen and oxygen atoms in total. The van der Waals surface area contributed by atoms with Crippen LogP contribution in [0.15, 0.2) is 5.38 Å². The van der Waals surface area contributed by atoms with Gasteiger partial charge in [-0.1, -0.05) is 47.5 Å². The molecule has 1 fully saturated rings. The van der Waals surface area contributed by atoms with Gasteiger partial charge in [0.05, 0.1) is 10.7 Å². The Hall–Kier alpha value is -0.410. The first-order chi connectivity index (χ1) is 9.35. The van der Waals surface area contributed by atoms with Crippen LogP contribution in [0.4, 0.5) is 0 Å². The van der Waals surface area contributed by atoms with Gasteiger partial charge in [0, 0.05) is 23.3 Å². The van der Waals surface area contributed by atoms with Gasteiger partial charge in [0.2, 0.25) is 0 Å². The maximum absolute atomic E-state index is 4.88. The second-order valence-electron chi connectivity index (χ2n) is 7.55. The van der Waals surface area contributed by atoms with Crippen molar-refractivity contribution in [1.29, 1.82) is 0 Å². The fourth-order valence-electron chi connectivity index (χ4n) is 3.27. The number of hydrogen-bond acceptors (Lipinski definition) is 3. The normalized spacial score (nSPS) is 20.2. The number of thiazole rings is 1. The fourth-order valence-corrected chi connectivity index (χ4v) is 4.33. The van der Waals surface area contributed by atoms with Gasteiger partial charge in [-0.15, -0.1) is 11.3 Å². The summed E-state index contributed by atoms with van der Waals surface area (Å²) in [6.07, 6.45) is 6.60. The summed E-state index contributed by atoms with van der Waals surface area (Å²) in [6.45, 7) is 12.5. The molecule has 1 aliphatic carbocycles. The van der Waals surface area contributed by atoms with Crippen LogP contribution in [-0.2, 0) is 11.8 Å². The van der Waals surface area contributed by atoms with Gasteiger partial charge in [0.1, 0.15) is 0 Å². The third-order valence-electron chi connectivity index (χ3n) is 4.74. The first-order valence-corrected chi connectivity index (χ1v) is 8.91. The quantitative estimate of drug-likeness (QED) is 0.862. The Morgan fingerprint density at radius 2 is 2.00 bits per heavy atom. The van der Waals surface area contributed by atoms with Crippen molar-refractivity contribution in [1.82, 2.24) is 10.3 Å². The van der Waals surface area contributed by atoms with Crippen molar-refractivity contribution in [3.05, 3.63) is 16.1 Å². The van der Waals surface area contributed by atoms with Gasteiger partial charge in [0.15, 0.2) is 0 Å². The molecule has 1 N–H and O–H groups in total. The topological polar surface area (TPSA) is 24.9 Å². The maximum Gasteiger partial charge on any atom is 0.0944 e. The lowest BCUT2D eigenvalue weighted by molar-refractivity contribution is 0.221. The summed E-state index contributed by atoms with van der Waals surface area (Å²) < 4.78 is 0. The zero-order chi connectivity index (χ0) is 14.8. The smallest absolute Gasteiger partial charge is 0.0944 e. The van der Waals surface area contributed by atoms with Crippen LogP contribution in [-0.4, -0.2) is 17.6 Å². The fraction of sp³-hybridized carbons (Fsp3) is 0.824. The summed E-state index contributed by atoms with van der Waals surface area (Å²) in [7, 11) is 0. The molecule has 114 valence electrons. The van der Waals surface area contributed by atoms with E-state index in [1.54, 1.807) is 0 Å². The molecule has 2 rings (SSSR count). The predicted molar refractivity (Wildman–Crippen MR) is 88.6 cm³/mol. The summed E-state index contributed by atoms with van der Waals surface area (Å²) in [5.74, 6) is 0. The molecule has 0 bridgehead atoms. The van der Waals surface area contributed by atoms with Crippen LogP contribution >= 0.6 is 11.3 Å². The Morgan fingerprint density at radius 1 is 1.35 bits per heavy atom. The first kappa shape index (κ1) is 16.0. The van der Waals surface area contributed by atoms with Crippen molar-refractivity contribution in [2.24, 2.45) is 5.41 Å². The summed E-state index contributed by atoms with van der Waals surface area (Å²) in [6, 6.07) is 0.578. The van der Waals surface area contributed by atoms with Crippen LogP contribution in [0.2, 0.25) is 0 Å². The lowest BCUT2D eigenvalue weighted by Crippen LogP contribution is -2.43. The Balaban J connectivity index is 2.10. The van der Waals surface area contributed by atoms with Crippen molar-refractivity contribution in [2.45, 2.75) is 78.2 Å². The Morgan fingerprint density at radius 3 is 2.50 bits per heavy atom. The standard InChI is InChI=1S/C17H30N2S/c1-6-18-13(17(5)9-7-8-10-17)11-15-19-14(12-20-15)16(2,3)4/h12-13,18H,6-11H2,1-5H3. The molecule has 1 aliphatic rings. The molecule has 1 unspecified atom stereocenters. The van der Waals surface area contributed by atoms with Gasteiger partial charge < -0.3 is 5.32 Å². The molecule has 1 heterocycles. The summed E-state index contributed by atoms with van der Waals surface area (Å²) in [5, 5.41) is 7.27. The van der Waals surface area contributed by atoms with Gasteiger partial charge in [0.25, 0.3) is 0 Å². The highest BCUT2D eigenvalue weighted by atomic mass is 32.1. The maximum atomic E-state index is 4.88. The van der Waals surface area contributed by atoms with Crippen molar-refractivity contribution < 1.29 is 0 Å². The number of nitrogens with one attached hydrogen (secondary N) is 1. The number of hydrogen-bond donors (Lipinski definition) is 1. The molecule has 1 aromatic heterocycles. The minimum Gasteiger partial charge on any atom is -0.313 e. The van der Waals surface area contributed by atoms with Gasteiger partial charge in [-0.05, 0) is 24.8 Å². The van der Waals surface area contributed by atoms with E-state index in [2.05, 4.69) is 45.3 Å². The van der Waals surface area contributed by atoms with Crippen LogP contribution in [0.5, 0.6) is 0 Å². The zero-order valence-corrected chi connectivity index (χ0v) is 14.6. The van der Waals surface area contributed by atoms with Crippen LogP contribution in [0.25, 0.3) is 0 Å². The SMILES string of the molecule is CCNC(Cc1nc(C(C)(C)C)cs1)C1(C)CCCC1. The van der Waals surface area contributed by atoms with E-state index in [9.17, 15) is 0 Å². The third kappa shape index (κ3) is 3.62. The minimum atomic E-state index is 0.166. The van der Waals surface area contributed by atoms with Crippen molar-refractivity contribution in [2.75, 3.05) is 6.54 Å². The molecule has 0 spiro atoms. The van der Waals surface area contributed by atoms with Crippen LogP contribution in [0.3, 0.4) is 0 Å². The zero-order valence-electron chi connectivity index (χ0n) is 13.8. The second-order valence-corrected chi connectivity index (χ2v) is 8.49. The largest absolute Gasteiger partial charge is 0.313 e. The number of nitrogens with zero attached hydrogens (tertiary/aromatic N) is 1. The van der Waals surface area contributed by atoms with E-state index in [0.717, 1.165) is 13.0 Å². The molecule has 1 atom stereocenters. The molecule has 0 aromatic carbocycles. The van der Waals surface area contributed by atoms with Crippen LogP contribution < -0.4 is 5.32 Å². The monoisotopic (exact) mass is 294 g/mol. The van der Waals surface area contributed by atoms with Gasteiger partial charge >= 0.3 is 0 Å². The Bertz CT molecular complexity index is 424. The van der Waals surface area contributed by atoms with E-state index < -0.39 is 0 Å². The number of likely N-dealkylation sites (N-methyl/N-ethyl adjacent to an activating group) is 1. The molecule has 0 radical (unpaired) electrons. The Labute approximate surface area is 128 Å². The van der Waals surface area contributed by atoms with Crippen LogP contribution in [0.1, 0.15) is 71.0 Å². The number of aromatic nitrogens is 1. The van der Waals surface area contributed by atoms with Crippen molar-refractivity contribution >= 4 is 11.3 Å². The summed E-state index contributed by atoms with van der Waals surface area (Å²) >= 11 is 1.84. The van der Waals surface area contributed by atoms with E-state index in [1.165, 1.54) is 36.4 Å². The summed E-state index contributed by atoms with van der Waals surface area (Å²) in [5.41, 5.74) is 1.87. The molecular formula is C17H30N2S. The lowest BCUT2D eigenvalue weighted by Gasteiger charge is -2.34. The van der Waals surface area contributed by atoms with Gasteiger partial charge in [-0.3, -0.25) is 0 Å². The molecule has 0 saturated heterocycles. The predicted octanol–water partition coefficient (Wildman–Crippen LogP) is 4.54. The van der Waals surface area contributed by atoms with Gasteiger partial charge in [-0.2, -0.15) is 0 Å². The lowest BCUT2D eigenvalue weighted by atomic mass is 9.79. The highest BCUT2D eigenvalue weighted by Gasteiger charge is 2.37. The molecule has 0 aliphatic heterocycles. The van der Waals surface area contributed by atoms with E-state index >= 15 is 0 Å².